The van der Waals surface area contributed by atoms with E-state index >= 15 is 0 Å². The summed E-state index contributed by atoms with van der Waals surface area (Å²) in [7, 11) is 1.58. The van der Waals surface area contributed by atoms with Crippen molar-refractivity contribution in [2.75, 3.05) is 12.4 Å². The fraction of sp³-hybridized carbons (Fsp3) is 0.645. The third-order valence-electron chi connectivity index (χ3n) is 9.86. The van der Waals surface area contributed by atoms with Crippen LogP contribution in [0.3, 0.4) is 0 Å². The number of methoxy groups -OCH3 is 1. The zero-order chi connectivity index (χ0) is 27.1. The molecule has 210 valence electrons. The molecule has 0 aromatic heterocycles. The average molecular weight is 536 g/mol. The van der Waals surface area contributed by atoms with Crippen LogP contribution in [-0.4, -0.2) is 59.6 Å². The van der Waals surface area contributed by atoms with Crippen LogP contribution in [0.15, 0.2) is 36.4 Å². The number of nitrogens with zero attached hydrogens (tertiary/aromatic N) is 1. The van der Waals surface area contributed by atoms with Gasteiger partial charge in [-0.25, -0.2) is 0 Å². The van der Waals surface area contributed by atoms with Crippen LogP contribution < -0.4 is 15.4 Å². The first-order chi connectivity index (χ1) is 18.9. The summed E-state index contributed by atoms with van der Waals surface area (Å²) in [6.07, 6.45) is 13.7. The highest BCUT2D eigenvalue weighted by Gasteiger charge is 2.73. The molecule has 3 heterocycles. The van der Waals surface area contributed by atoms with Crippen LogP contribution in [0.25, 0.3) is 0 Å². The van der Waals surface area contributed by atoms with Gasteiger partial charge in [0, 0.05) is 23.8 Å². The summed E-state index contributed by atoms with van der Waals surface area (Å²) >= 11 is 0. The molecule has 1 spiro atoms. The van der Waals surface area contributed by atoms with Crippen molar-refractivity contribution in [2.45, 2.75) is 101 Å². The average Bonchev–Trinajstić information content (AvgIpc) is 3.48. The molecule has 3 aliphatic heterocycles. The summed E-state index contributed by atoms with van der Waals surface area (Å²) in [5, 5.41) is 6.33. The number of rotatable bonds is 6. The molecule has 2 N–H and O–H groups in total. The van der Waals surface area contributed by atoms with E-state index in [0.29, 0.717) is 17.4 Å². The highest BCUT2D eigenvalue weighted by atomic mass is 16.5. The fourth-order valence-corrected chi connectivity index (χ4v) is 7.85. The first-order valence-electron chi connectivity index (χ1n) is 14.9. The number of amides is 3. The molecular formula is C31H41N3O5. The zero-order valence-corrected chi connectivity index (χ0v) is 23.1. The smallest absolute Gasteiger partial charge is 0.246 e. The highest BCUT2D eigenvalue weighted by molar-refractivity contribution is 6.03. The lowest BCUT2D eigenvalue weighted by Crippen LogP contribution is -2.59. The number of ether oxygens (including phenoxy) is 2. The minimum atomic E-state index is -1.12. The van der Waals surface area contributed by atoms with E-state index in [4.69, 9.17) is 9.47 Å². The molecule has 7 unspecified atom stereocenters. The Morgan fingerprint density at radius 2 is 1.77 bits per heavy atom. The van der Waals surface area contributed by atoms with Gasteiger partial charge >= 0.3 is 0 Å². The van der Waals surface area contributed by atoms with Gasteiger partial charge in [0.2, 0.25) is 17.7 Å². The van der Waals surface area contributed by atoms with Gasteiger partial charge < -0.3 is 25.0 Å². The van der Waals surface area contributed by atoms with Crippen molar-refractivity contribution in [2.24, 2.45) is 17.8 Å². The maximum absolute atomic E-state index is 14.4. The lowest BCUT2D eigenvalue weighted by molar-refractivity contribution is -0.144. The predicted octanol–water partition coefficient (Wildman–Crippen LogP) is 4.20. The van der Waals surface area contributed by atoms with Crippen molar-refractivity contribution >= 4 is 23.4 Å². The third-order valence-corrected chi connectivity index (χ3v) is 9.86. The molecule has 39 heavy (non-hydrogen) atoms. The van der Waals surface area contributed by atoms with Gasteiger partial charge in [-0.1, -0.05) is 63.7 Å². The molecule has 2 bridgehead atoms. The highest BCUT2D eigenvalue weighted by Crippen LogP contribution is 2.56. The summed E-state index contributed by atoms with van der Waals surface area (Å²) < 4.78 is 11.9. The second-order valence-electron chi connectivity index (χ2n) is 12.2. The standard InChI is InChI=1S/C31H41N3O5/c1-19-10-7-8-15-23(19)33-29(36)27-31-17-16-24(39-31)25(28(35)32-20-11-9-14-22(18-20)38-2)26(31)30(37)34(27)21-12-5-3-4-6-13-21/h9,11,14,16-19,21,23-27H,3-8,10,12-13,15H2,1-2H3,(H,32,35)(H,33,36). The summed E-state index contributed by atoms with van der Waals surface area (Å²) in [6, 6.07) is 6.51. The SMILES string of the molecule is COc1cccc(NC(=O)C2C3C=CC4(O3)C2C(=O)N(C2CCCCCC2)C4C(=O)NC2CCCCC2C)c1. The molecule has 2 saturated heterocycles. The summed E-state index contributed by atoms with van der Waals surface area (Å²) in [5.74, 6) is -0.894. The van der Waals surface area contributed by atoms with Crippen LogP contribution in [0.5, 0.6) is 5.75 Å². The Hall–Kier alpha value is -2.87. The van der Waals surface area contributed by atoms with Gasteiger partial charge in [0.15, 0.2) is 0 Å². The van der Waals surface area contributed by atoms with Crippen molar-refractivity contribution < 1.29 is 23.9 Å². The Morgan fingerprint density at radius 3 is 2.51 bits per heavy atom. The molecule has 2 saturated carbocycles. The molecule has 5 aliphatic rings. The number of fused-ring (bicyclic) bond motifs is 1. The van der Waals surface area contributed by atoms with E-state index in [1.165, 1.54) is 6.42 Å². The molecular weight excluding hydrogens is 494 g/mol. The van der Waals surface area contributed by atoms with Gasteiger partial charge in [0.25, 0.3) is 0 Å². The van der Waals surface area contributed by atoms with Crippen LogP contribution in [0.2, 0.25) is 0 Å². The van der Waals surface area contributed by atoms with Crippen LogP contribution >= 0.6 is 0 Å². The lowest BCUT2D eigenvalue weighted by Gasteiger charge is -2.38. The Balaban J connectivity index is 1.32. The number of hydrogen-bond donors (Lipinski definition) is 2. The van der Waals surface area contributed by atoms with Gasteiger partial charge in [0.05, 0.1) is 25.0 Å². The fourth-order valence-electron chi connectivity index (χ4n) is 7.85. The van der Waals surface area contributed by atoms with E-state index in [0.717, 1.165) is 57.8 Å². The summed E-state index contributed by atoms with van der Waals surface area (Å²) in [6.45, 7) is 2.20. The van der Waals surface area contributed by atoms with Gasteiger partial charge in [-0.05, 0) is 43.7 Å². The van der Waals surface area contributed by atoms with Crippen LogP contribution in [0.4, 0.5) is 5.69 Å². The van der Waals surface area contributed by atoms with E-state index in [-0.39, 0.29) is 29.8 Å². The van der Waals surface area contributed by atoms with Crippen molar-refractivity contribution in [3.05, 3.63) is 36.4 Å². The maximum atomic E-state index is 14.4. The maximum Gasteiger partial charge on any atom is 0.246 e. The quantitative estimate of drug-likeness (QED) is 0.420. The van der Waals surface area contributed by atoms with Crippen LogP contribution in [-0.2, 0) is 19.1 Å². The number of likely N-dealkylation sites (tertiary alicyclic amines) is 1. The molecule has 2 aliphatic carbocycles. The van der Waals surface area contributed by atoms with E-state index in [9.17, 15) is 14.4 Å². The normalized spacial score (nSPS) is 35.9. The largest absolute Gasteiger partial charge is 0.497 e. The number of anilines is 1. The number of nitrogens with one attached hydrogen (secondary N) is 2. The second kappa shape index (κ2) is 10.6. The minimum absolute atomic E-state index is 0.0161. The predicted molar refractivity (Wildman–Crippen MR) is 147 cm³/mol. The lowest BCUT2D eigenvalue weighted by atomic mass is 9.74. The molecule has 0 radical (unpaired) electrons. The molecule has 3 amide bonds. The Kier molecular flexibility index (Phi) is 7.16. The first kappa shape index (κ1) is 26.4. The third kappa shape index (κ3) is 4.54. The number of benzene rings is 1. The van der Waals surface area contributed by atoms with Gasteiger partial charge in [0.1, 0.15) is 17.4 Å². The Bertz CT molecular complexity index is 1140. The van der Waals surface area contributed by atoms with Crippen molar-refractivity contribution in [1.82, 2.24) is 10.2 Å². The summed E-state index contributed by atoms with van der Waals surface area (Å²) in [5.41, 5.74) is -0.515. The van der Waals surface area contributed by atoms with E-state index in [2.05, 4.69) is 17.6 Å². The first-order valence-corrected chi connectivity index (χ1v) is 14.9. The topological polar surface area (TPSA) is 97.0 Å². The van der Waals surface area contributed by atoms with Gasteiger partial charge in [-0.2, -0.15) is 0 Å². The van der Waals surface area contributed by atoms with E-state index in [1.807, 2.05) is 29.2 Å². The molecule has 8 heteroatoms. The van der Waals surface area contributed by atoms with Crippen molar-refractivity contribution in [3.63, 3.8) is 0 Å². The van der Waals surface area contributed by atoms with Crippen molar-refractivity contribution in [1.29, 1.82) is 0 Å². The molecule has 4 fully saturated rings. The minimum Gasteiger partial charge on any atom is -0.497 e. The Labute approximate surface area is 230 Å². The molecule has 7 atom stereocenters. The number of carbonyl (C=O) groups is 3. The van der Waals surface area contributed by atoms with Crippen LogP contribution in [0.1, 0.15) is 71.1 Å². The molecule has 1 aromatic carbocycles. The monoisotopic (exact) mass is 535 g/mol. The van der Waals surface area contributed by atoms with Gasteiger partial charge in [-0.15, -0.1) is 0 Å². The Morgan fingerprint density at radius 1 is 1.03 bits per heavy atom. The van der Waals surface area contributed by atoms with E-state index < -0.39 is 29.6 Å². The molecule has 1 aromatic rings. The summed E-state index contributed by atoms with van der Waals surface area (Å²) in [4.78, 5) is 44.1. The second-order valence-corrected chi connectivity index (χ2v) is 12.2. The van der Waals surface area contributed by atoms with Crippen molar-refractivity contribution in [3.8, 4) is 5.75 Å². The number of hydrogen-bond acceptors (Lipinski definition) is 5. The molecule has 6 rings (SSSR count). The van der Waals surface area contributed by atoms with Crippen LogP contribution in [0, 0.1) is 17.8 Å². The molecule has 8 nitrogen and oxygen atoms in total. The zero-order valence-electron chi connectivity index (χ0n) is 23.1. The number of carbonyl (C=O) groups excluding carboxylic acids is 3. The van der Waals surface area contributed by atoms with E-state index in [1.54, 1.807) is 19.2 Å². The van der Waals surface area contributed by atoms with Gasteiger partial charge in [-0.3, -0.25) is 14.4 Å².